The topological polar surface area (TPSA) is 51.3 Å². The summed E-state index contributed by atoms with van der Waals surface area (Å²) in [7, 11) is 0. The van der Waals surface area contributed by atoms with Crippen LogP contribution in [0.2, 0.25) is 0 Å². The van der Waals surface area contributed by atoms with E-state index in [9.17, 15) is 0 Å². The van der Waals surface area contributed by atoms with E-state index in [1.54, 1.807) is 6.20 Å². The Morgan fingerprint density at radius 3 is 3.38 bits per heavy atom. The van der Waals surface area contributed by atoms with E-state index in [0.29, 0.717) is 5.88 Å². The van der Waals surface area contributed by atoms with Crippen LogP contribution < -0.4 is 0 Å². The van der Waals surface area contributed by atoms with Gasteiger partial charge in [0.25, 0.3) is 0 Å². The van der Waals surface area contributed by atoms with Gasteiger partial charge in [-0.05, 0) is 12.8 Å². The first-order valence-electron chi connectivity index (χ1n) is 4.19. The molecule has 0 radical (unpaired) electrons. The molecule has 1 aliphatic heterocycles. The second-order valence-electron chi connectivity index (χ2n) is 2.97. The van der Waals surface area contributed by atoms with Crippen LogP contribution in [0, 0.1) is 0 Å². The fraction of sp³-hybridized carbons (Fsp3) is 0.222. The van der Waals surface area contributed by atoms with Crippen molar-refractivity contribution >= 4 is 23.2 Å². The summed E-state index contributed by atoms with van der Waals surface area (Å²) in [6.07, 6.45) is 7.01. The Morgan fingerprint density at radius 2 is 2.38 bits per heavy atom. The Morgan fingerprint density at radius 1 is 1.38 bits per heavy atom. The molecule has 0 saturated heterocycles. The SMILES string of the molecule is C1=Nc2oc3cncnc3c2CC1. The average molecular weight is 173 g/mol. The maximum Gasteiger partial charge on any atom is 0.224 e. The molecular weight excluding hydrogens is 166 g/mol. The zero-order valence-corrected chi connectivity index (χ0v) is 6.90. The monoisotopic (exact) mass is 173 g/mol. The van der Waals surface area contributed by atoms with Gasteiger partial charge < -0.3 is 4.42 Å². The van der Waals surface area contributed by atoms with Crippen LogP contribution in [-0.4, -0.2) is 16.2 Å². The summed E-state index contributed by atoms with van der Waals surface area (Å²) in [6, 6.07) is 0. The maximum absolute atomic E-state index is 5.47. The molecule has 4 heteroatoms. The van der Waals surface area contributed by atoms with Crippen molar-refractivity contribution in [1.82, 2.24) is 9.97 Å². The number of rotatable bonds is 0. The molecule has 64 valence electrons. The summed E-state index contributed by atoms with van der Waals surface area (Å²) in [5.74, 6) is 0.696. The van der Waals surface area contributed by atoms with Crippen LogP contribution in [0.4, 0.5) is 5.88 Å². The molecular formula is C9H7N3O. The molecule has 13 heavy (non-hydrogen) atoms. The molecule has 3 heterocycles. The molecule has 1 aliphatic rings. The number of aliphatic imine (C=N–C) groups is 1. The van der Waals surface area contributed by atoms with Crippen LogP contribution in [0.5, 0.6) is 0 Å². The predicted molar refractivity (Wildman–Crippen MR) is 48.3 cm³/mol. The minimum Gasteiger partial charge on any atom is -0.435 e. The highest BCUT2D eigenvalue weighted by atomic mass is 16.3. The van der Waals surface area contributed by atoms with Gasteiger partial charge in [-0.3, -0.25) is 0 Å². The summed E-state index contributed by atoms with van der Waals surface area (Å²) < 4.78 is 5.47. The smallest absolute Gasteiger partial charge is 0.224 e. The molecule has 3 rings (SSSR count). The summed E-state index contributed by atoms with van der Waals surface area (Å²) in [5.41, 5.74) is 2.74. The zero-order chi connectivity index (χ0) is 8.67. The first-order chi connectivity index (χ1) is 6.45. The predicted octanol–water partition coefficient (Wildman–Crippen LogP) is 1.87. The highest BCUT2D eigenvalue weighted by Crippen LogP contribution is 2.32. The maximum atomic E-state index is 5.47. The minimum atomic E-state index is 0.696. The Labute approximate surface area is 74.3 Å². The van der Waals surface area contributed by atoms with Gasteiger partial charge in [-0.15, -0.1) is 0 Å². The van der Waals surface area contributed by atoms with E-state index < -0.39 is 0 Å². The van der Waals surface area contributed by atoms with Crippen molar-refractivity contribution in [3.8, 4) is 0 Å². The number of hydrogen-bond acceptors (Lipinski definition) is 4. The Balaban J connectivity index is 2.41. The molecule has 0 unspecified atom stereocenters. The van der Waals surface area contributed by atoms with Gasteiger partial charge in [-0.2, -0.15) is 0 Å². The Hall–Kier alpha value is -1.71. The highest BCUT2D eigenvalue weighted by molar-refractivity contribution is 5.83. The second-order valence-corrected chi connectivity index (χ2v) is 2.97. The van der Waals surface area contributed by atoms with Crippen molar-refractivity contribution in [1.29, 1.82) is 0 Å². The lowest BCUT2D eigenvalue weighted by Crippen LogP contribution is -1.91. The molecule has 0 amide bonds. The van der Waals surface area contributed by atoms with E-state index in [2.05, 4.69) is 15.0 Å². The molecule has 0 aromatic carbocycles. The molecule has 0 bridgehead atoms. The molecule has 0 fully saturated rings. The number of hydrogen-bond donors (Lipinski definition) is 0. The fourth-order valence-electron chi connectivity index (χ4n) is 1.57. The van der Waals surface area contributed by atoms with E-state index >= 15 is 0 Å². The van der Waals surface area contributed by atoms with Gasteiger partial charge in [0.15, 0.2) is 5.58 Å². The molecule has 0 N–H and O–H groups in total. The molecule has 4 nitrogen and oxygen atoms in total. The van der Waals surface area contributed by atoms with Gasteiger partial charge in [0.05, 0.1) is 6.20 Å². The highest BCUT2D eigenvalue weighted by Gasteiger charge is 2.16. The Bertz CT molecular complexity index is 487. The lowest BCUT2D eigenvalue weighted by molar-refractivity contribution is 0.616. The van der Waals surface area contributed by atoms with Crippen LogP contribution in [0.15, 0.2) is 21.9 Å². The molecule has 0 atom stereocenters. The fourth-order valence-corrected chi connectivity index (χ4v) is 1.57. The molecule has 2 aromatic heterocycles. The normalized spacial score (nSPS) is 14.8. The van der Waals surface area contributed by atoms with Crippen molar-refractivity contribution < 1.29 is 4.42 Å². The van der Waals surface area contributed by atoms with Crippen LogP contribution in [-0.2, 0) is 6.42 Å². The van der Waals surface area contributed by atoms with Gasteiger partial charge in [0.2, 0.25) is 5.88 Å². The molecule has 0 spiro atoms. The van der Waals surface area contributed by atoms with Gasteiger partial charge in [-0.1, -0.05) is 0 Å². The van der Waals surface area contributed by atoms with E-state index in [0.717, 1.165) is 29.5 Å². The van der Waals surface area contributed by atoms with Crippen molar-refractivity contribution in [3.63, 3.8) is 0 Å². The van der Waals surface area contributed by atoms with Crippen LogP contribution in [0.1, 0.15) is 12.0 Å². The number of furan rings is 1. The van der Waals surface area contributed by atoms with Crippen molar-refractivity contribution in [3.05, 3.63) is 18.1 Å². The number of nitrogens with zero attached hydrogens (tertiary/aromatic N) is 3. The van der Waals surface area contributed by atoms with Gasteiger partial charge >= 0.3 is 0 Å². The zero-order valence-electron chi connectivity index (χ0n) is 6.90. The van der Waals surface area contributed by atoms with Crippen molar-refractivity contribution in [2.75, 3.05) is 0 Å². The van der Waals surface area contributed by atoms with E-state index in [1.165, 1.54) is 6.33 Å². The molecule has 2 aromatic rings. The van der Waals surface area contributed by atoms with Crippen LogP contribution >= 0.6 is 0 Å². The first-order valence-corrected chi connectivity index (χ1v) is 4.19. The quantitative estimate of drug-likeness (QED) is 0.611. The van der Waals surface area contributed by atoms with E-state index in [4.69, 9.17) is 4.42 Å². The largest absolute Gasteiger partial charge is 0.435 e. The van der Waals surface area contributed by atoms with Crippen LogP contribution in [0.25, 0.3) is 11.1 Å². The van der Waals surface area contributed by atoms with Gasteiger partial charge in [0, 0.05) is 11.8 Å². The lowest BCUT2D eigenvalue weighted by Gasteiger charge is -1.99. The summed E-state index contributed by atoms with van der Waals surface area (Å²) in [4.78, 5) is 12.2. The second kappa shape index (κ2) is 2.39. The summed E-state index contributed by atoms with van der Waals surface area (Å²) in [5, 5.41) is 0. The number of fused-ring (bicyclic) bond motifs is 3. The summed E-state index contributed by atoms with van der Waals surface area (Å²) in [6.45, 7) is 0. The van der Waals surface area contributed by atoms with Crippen molar-refractivity contribution in [2.24, 2.45) is 4.99 Å². The third kappa shape index (κ3) is 0.884. The summed E-state index contributed by atoms with van der Waals surface area (Å²) >= 11 is 0. The third-order valence-corrected chi connectivity index (χ3v) is 2.16. The van der Waals surface area contributed by atoms with E-state index in [-0.39, 0.29) is 0 Å². The third-order valence-electron chi connectivity index (χ3n) is 2.16. The van der Waals surface area contributed by atoms with Gasteiger partial charge in [-0.25, -0.2) is 15.0 Å². The van der Waals surface area contributed by atoms with Crippen LogP contribution in [0.3, 0.4) is 0 Å². The Kier molecular flexibility index (Phi) is 1.24. The average Bonchev–Trinajstić information content (AvgIpc) is 2.56. The molecule has 0 aliphatic carbocycles. The standard InChI is InChI=1S/C9H7N3O/c1-2-6-8-7(4-10-5-12-8)13-9(6)11-3-1/h3-5H,1-2H2. The number of aryl methyl sites for hydroxylation is 1. The van der Waals surface area contributed by atoms with E-state index in [1.807, 2.05) is 6.21 Å². The molecule has 0 saturated carbocycles. The van der Waals surface area contributed by atoms with Gasteiger partial charge in [0.1, 0.15) is 11.8 Å². The first kappa shape index (κ1) is 6.77. The minimum absolute atomic E-state index is 0.696. The number of aromatic nitrogens is 2. The van der Waals surface area contributed by atoms with Crippen molar-refractivity contribution in [2.45, 2.75) is 12.8 Å². The lowest BCUT2D eigenvalue weighted by atomic mass is 10.1.